The van der Waals surface area contributed by atoms with Gasteiger partial charge in [0.2, 0.25) is 0 Å². The number of nitrogens with one attached hydrogen (secondary N) is 1. The zero-order chi connectivity index (χ0) is 14.7. The van der Waals surface area contributed by atoms with E-state index in [1.165, 1.54) is 5.56 Å². The summed E-state index contributed by atoms with van der Waals surface area (Å²) in [4.78, 5) is 0. The van der Waals surface area contributed by atoms with Crippen LogP contribution in [0.2, 0.25) is 0 Å². The number of halogens is 1. The van der Waals surface area contributed by atoms with Crippen molar-refractivity contribution in [2.24, 2.45) is 0 Å². The molecule has 2 aromatic rings. The summed E-state index contributed by atoms with van der Waals surface area (Å²) < 4.78 is 13.0. The zero-order valence-corrected chi connectivity index (χ0v) is 13.5. The maximum atomic E-state index is 6.08. The SMILES string of the molecule is CNC(Cc1ccc(Br)cc1)C1COc2ccccc2O1. The van der Waals surface area contributed by atoms with E-state index >= 15 is 0 Å². The zero-order valence-electron chi connectivity index (χ0n) is 11.9. The van der Waals surface area contributed by atoms with E-state index in [9.17, 15) is 0 Å². The first-order chi connectivity index (χ1) is 10.3. The van der Waals surface area contributed by atoms with Gasteiger partial charge >= 0.3 is 0 Å². The first-order valence-corrected chi connectivity index (χ1v) is 7.86. The molecule has 0 radical (unpaired) electrons. The lowest BCUT2D eigenvalue weighted by atomic mass is 10.0. The maximum Gasteiger partial charge on any atom is 0.161 e. The predicted octanol–water partition coefficient (Wildman–Crippen LogP) is 3.42. The van der Waals surface area contributed by atoms with E-state index < -0.39 is 0 Å². The third kappa shape index (κ3) is 3.39. The molecule has 2 atom stereocenters. The highest BCUT2D eigenvalue weighted by molar-refractivity contribution is 9.10. The van der Waals surface area contributed by atoms with Crippen molar-refractivity contribution in [2.45, 2.75) is 18.6 Å². The van der Waals surface area contributed by atoms with Crippen molar-refractivity contribution >= 4 is 15.9 Å². The third-order valence-electron chi connectivity index (χ3n) is 3.72. The third-order valence-corrected chi connectivity index (χ3v) is 4.25. The van der Waals surface area contributed by atoms with Gasteiger partial charge in [0.25, 0.3) is 0 Å². The van der Waals surface area contributed by atoms with Crippen molar-refractivity contribution < 1.29 is 9.47 Å². The summed E-state index contributed by atoms with van der Waals surface area (Å²) in [7, 11) is 1.97. The fraction of sp³-hybridized carbons (Fsp3) is 0.294. The van der Waals surface area contributed by atoms with Crippen LogP contribution in [0.4, 0.5) is 0 Å². The van der Waals surface area contributed by atoms with Crippen molar-refractivity contribution in [3.63, 3.8) is 0 Å². The van der Waals surface area contributed by atoms with Gasteiger partial charge in [-0.05, 0) is 43.3 Å². The van der Waals surface area contributed by atoms with Crippen molar-refractivity contribution in [1.29, 1.82) is 0 Å². The topological polar surface area (TPSA) is 30.5 Å². The van der Waals surface area contributed by atoms with Gasteiger partial charge in [0.05, 0.1) is 6.04 Å². The molecule has 0 bridgehead atoms. The molecule has 3 nitrogen and oxygen atoms in total. The molecule has 0 aromatic heterocycles. The molecular formula is C17H18BrNO2. The van der Waals surface area contributed by atoms with Gasteiger partial charge in [-0.2, -0.15) is 0 Å². The molecule has 0 aliphatic carbocycles. The van der Waals surface area contributed by atoms with Gasteiger partial charge in [-0.25, -0.2) is 0 Å². The van der Waals surface area contributed by atoms with Crippen LogP contribution in [0.3, 0.4) is 0 Å². The minimum absolute atomic E-state index is 0.00791. The Morgan fingerprint density at radius 3 is 2.57 bits per heavy atom. The lowest BCUT2D eigenvalue weighted by Crippen LogP contribution is -2.47. The molecule has 0 fully saturated rings. The molecular weight excluding hydrogens is 330 g/mol. The maximum absolute atomic E-state index is 6.08. The fourth-order valence-corrected chi connectivity index (χ4v) is 2.79. The summed E-state index contributed by atoms with van der Waals surface area (Å²) in [6, 6.07) is 16.4. The molecule has 110 valence electrons. The van der Waals surface area contributed by atoms with Gasteiger partial charge in [0.15, 0.2) is 11.5 Å². The second-order valence-corrected chi connectivity index (χ2v) is 6.06. The Hall–Kier alpha value is -1.52. The molecule has 0 saturated heterocycles. The van der Waals surface area contributed by atoms with Crippen LogP contribution in [0, 0.1) is 0 Å². The van der Waals surface area contributed by atoms with Gasteiger partial charge in [0.1, 0.15) is 12.7 Å². The molecule has 1 heterocycles. The minimum Gasteiger partial charge on any atom is -0.486 e. The van der Waals surface area contributed by atoms with Crippen LogP contribution in [0.25, 0.3) is 0 Å². The normalized spacial score (nSPS) is 18.3. The number of fused-ring (bicyclic) bond motifs is 1. The first-order valence-electron chi connectivity index (χ1n) is 7.06. The Bertz CT molecular complexity index is 600. The van der Waals surface area contributed by atoms with Gasteiger partial charge in [-0.15, -0.1) is 0 Å². The average molecular weight is 348 g/mol. The molecule has 1 aliphatic heterocycles. The van der Waals surface area contributed by atoms with Crippen molar-refractivity contribution in [3.05, 3.63) is 58.6 Å². The number of hydrogen-bond donors (Lipinski definition) is 1. The van der Waals surface area contributed by atoms with Crippen molar-refractivity contribution in [1.82, 2.24) is 5.32 Å². The molecule has 3 rings (SSSR count). The highest BCUT2D eigenvalue weighted by atomic mass is 79.9. The number of likely N-dealkylation sites (N-methyl/N-ethyl adjacent to an activating group) is 1. The fourth-order valence-electron chi connectivity index (χ4n) is 2.53. The highest BCUT2D eigenvalue weighted by Crippen LogP contribution is 2.32. The molecule has 0 spiro atoms. The van der Waals surface area contributed by atoms with E-state index in [1.54, 1.807) is 0 Å². The Morgan fingerprint density at radius 2 is 1.86 bits per heavy atom. The van der Waals surface area contributed by atoms with E-state index in [-0.39, 0.29) is 12.1 Å². The summed E-state index contributed by atoms with van der Waals surface area (Å²) in [5.74, 6) is 1.65. The van der Waals surface area contributed by atoms with E-state index in [4.69, 9.17) is 9.47 Å². The summed E-state index contributed by atoms with van der Waals surface area (Å²) in [6.45, 7) is 0.569. The van der Waals surface area contributed by atoms with E-state index in [0.717, 1.165) is 22.4 Å². The lowest BCUT2D eigenvalue weighted by Gasteiger charge is -2.32. The molecule has 1 N–H and O–H groups in total. The average Bonchev–Trinajstić information content (AvgIpc) is 2.54. The molecule has 1 aliphatic rings. The highest BCUT2D eigenvalue weighted by Gasteiger charge is 2.27. The summed E-state index contributed by atoms with van der Waals surface area (Å²) >= 11 is 3.46. The summed E-state index contributed by atoms with van der Waals surface area (Å²) in [5, 5.41) is 3.35. The number of benzene rings is 2. The molecule has 0 amide bonds. The largest absolute Gasteiger partial charge is 0.486 e. The van der Waals surface area contributed by atoms with Crippen molar-refractivity contribution in [2.75, 3.05) is 13.7 Å². The monoisotopic (exact) mass is 347 g/mol. The second-order valence-electron chi connectivity index (χ2n) is 5.14. The first kappa shape index (κ1) is 14.4. The van der Waals surface area contributed by atoms with Crippen LogP contribution >= 0.6 is 15.9 Å². The number of rotatable bonds is 4. The molecule has 21 heavy (non-hydrogen) atoms. The van der Waals surface area contributed by atoms with Gasteiger partial charge in [0, 0.05) is 4.47 Å². The second kappa shape index (κ2) is 6.50. The summed E-state index contributed by atoms with van der Waals surface area (Å²) in [6.07, 6.45) is 0.911. The van der Waals surface area contributed by atoms with Crippen molar-refractivity contribution in [3.8, 4) is 11.5 Å². The Balaban J connectivity index is 1.71. The Labute approximate surface area is 133 Å². The van der Waals surface area contributed by atoms with Gasteiger partial charge in [-0.3, -0.25) is 0 Å². The predicted molar refractivity (Wildman–Crippen MR) is 87.0 cm³/mol. The molecule has 2 aromatic carbocycles. The molecule has 4 heteroatoms. The minimum atomic E-state index is 0.00791. The van der Waals surface area contributed by atoms with E-state index in [0.29, 0.717) is 6.61 Å². The van der Waals surface area contributed by atoms with Crippen LogP contribution in [0.15, 0.2) is 53.0 Å². The molecule has 0 saturated carbocycles. The van der Waals surface area contributed by atoms with Gasteiger partial charge in [-0.1, -0.05) is 40.2 Å². The number of para-hydroxylation sites is 2. The van der Waals surface area contributed by atoms with E-state index in [1.807, 2.05) is 31.3 Å². The lowest BCUT2D eigenvalue weighted by molar-refractivity contribution is 0.0641. The smallest absolute Gasteiger partial charge is 0.161 e. The van der Waals surface area contributed by atoms with Crippen LogP contribution in [0.5, 0.6) is 11.5 Å². The van der Waals surface area contributed by atoms with Crippen LogP contribution in [-0.4, -0.2) is 25.8 Å². The molecule has 2 unspecified atom stereocenters. The quantitative estimate of drug-likeness (QED) is 0.919. The number of hydrogen-bond acceptors (Lipinski definition) is 3. The van der Waals surface area contributed by atoms with Crippen LogP contribution in [0.1, 0.15) is 5.56 Å². The standard InChI is InChI=1S/C17H18BrNO2/c1-19-14(10-12-6-8-13(18)9-7-12)17-11-20-15-4-2-3-5-16(15)21-17/h2-9,14,17,19H,10-11H2,1H3. The Kier molecular flexibility index (Phi) is 4.46. The Morgan fingerprint density at radius 1 is 1.14 bits per heavy atom. The van der Waals surface area contributed by atoms with Crippen LogP contribution < -0.4 is 14.8 Å². The number of ether oxygens (including phenoxy) is 2. The van der Waals surface area contributed by atoms with Gasteiger partial charge < -0.3 is 14.8 Å². The summed E-state index contributed by atoms with van der Waals surface area (Å²) in [5.41, 5.74) is 1.28. The van der Waals surface area contributed by atoms with Crippen LogP contribution in [-0.2, 0) is 6.42 Å². The van der Waals surface area contributed by atoms with E-state index in [2.05, 4.69) is 45.5 Å².